The molecular formula is C18H19N5O. The molecule has 0 atom stereocenters. The number of nitrogens with zero attached hydrogens (tertiary/aromatic N) is 5. The minimum absolute atomic E-state index is 0.0169. The standard InChI is InChI=1S/C18H19N5O/c1-13-5-4-6-15(19-13)18(24)22-11-8-14(9-12-22)17-21-20-16-7-2-3-10-23(16)17/h2-7,10,14H,8-9,11-12H2,1H3. The van der Waals surface area contributed by atoms with Gasteiger partial charge in [-0.25, -0.2) is 4.98 Å². The number of hydrogen-bond acceptors (Lipinski definition) is 4. The smallest absolute Gasteiger partial charge is 0.272 e. The summed E-state index contributed by atoms with van der Waals surface area (Å²) in [7, 11) is 0. The predicted molar refractivity (Wildman–Crippen MR) is 89.8 cm³/mol. The molecule has 1 amide bonds. The van der Waals surface area contributed by atoms with Crippen molar-refractivity contribution in [3.63, 3.8) is 0 Å². The van der Waals surface area contributed by atoms with Crippen molar-refractivity contribution in [1.82, 2.24) is 24.5 Å². The fraction of sp³-hybridized carbons (Fsp3) is 0.333. The Morgan fingerprint density at radius 1 is 1.08 bits per heavy atom. The van der Waals surface area contributed by atoms with Crippen molar-refractivity contribution in [2.75, 3.05) is 13.1 Å². The number of fused-ring (bicyclic) bond motifs is 1. The largest absolute Gasteiger partial charge is 0.337 e. The van der Waals surface area contributed by atoms with Crippen LogP contribution in [0.5, 0.6) is 0 Å². The van der Waals surface area contributed by atoms with Gasteiger partial charge in [-0.3, -0.25) is 9.20 Å². The maximum absolute atomic E-state index is 12.6. The van der Waals surface area contributed by atoms with Crippen molar-refractivity contribution >= 4 is 11.6 Å². The summed E-state index contributed by atoms with van der Waals surface area (Å²) in [6.07, 6.45) is 3.79. The summed E-state index contributed by atoms with van der Waals surface area (Å²) in [6, 6.07) is 11.5. The van der Waals surface area contributed by atoms with Crippen molar-refractivity contribution in [1.29, 1.82) is 0 Å². The van der Waals surface area contributed by atoms with Crippen LogP contribution in [0.3, 0.4) is 0 Å². The number of piperidine rings is 1. The summed E-state index contributed by atoms with van der Waals surface area (Å²) in [4.78, 5) is 18.8. The van der Waals surface area contributed by atoms with E-state index < -0.39 is 0 Å². The summed E-state index contributed by atoms with van der Waals surface area (Å²) < 4.78 is 2.05. The van der Waals surface area contributed by atoms with Crippen LogP contribution in [-0.4, -0.2) is 43.5 Å². The first kappa shape index (κ1) is 14.8. The summed E-state index contributed by atoms with van der Waals surface area (Å²) in [5.41, 5.74) is 2.27. The molecule has 0 spiro atoms. The highest BCUT2D eigenvalue weighted by atomic mass is 16.2. The number of carbonyl (C=O) groups is 1. The van der Waals surface area contributed by atoms with Gasteiger partial charge in [-0.1, -0.05) is 12.1 Å². The van der Waals surface area contributed by atoms with Crippen LogP contribution in [0.25, 0.3) is 5.65 Å². The van der Waals surface area contributed by atoms with E-state index in [-0.39, 0.29) is 5.91 Å². The molecule has 122 valence electrons. The second kappa shape index (κ2) is 6.03. The van der Waals surface area contributed by atoms with Gasteiger partial charge in [0.1, 0.15) is 11.5 Å². The third-order valence-corrected chi connectivity index (χ3v) is 4.59. The van der Waals surface area contributed by atoms with E-state index in [1.807, 2.05) is 52.8 Å². The Morgan fingerprint density at radius 3 is 2.71 bits per heavy atom. The highest BCUT2D eigenvalue weighted by Gasteiger charge is 2.27. The summed E-state index contributed by atoms with van der Waals surface area (Å²) in [5, 5.41) is 8.58. The van der Waals surface area contributed by atoms with Crippen LogP contribution >= 0.6 is 0 Å². The quantitative estimate of drug-likeness (QED) is 0.727. The van der Waals surface area contributed by atoms with Gasteiger partial charge in [-0.05, 0) is 44.0 Å². The normalized spacial score (nSPS) is 15.8. The lowest BCUT2D eigenvalue weighted by atomic mass is 9.95. The first-order chi connectivity index (χ1) is 11.7. The van der Waals surface area contributed by atoms with E-state index >= 15 is 0 Å². The highest BCUT2D eigenvalue weighted by molar-refractivity contribution is 5.92. The lowest BCUT2D eigenvalue weighted by Gasteiger charge is -2.31. The van der Waals surface area contributed by atoms with Gasteiger partial charge in [0, 0.05) is 30.9 Å². The molecule has 4 rings (SSSR count). The minimum atomic E-state index is 0.0169. The molecule has 4 heterocycles. The fourth-order valence-corrected chi connectivity index (χ4v) is 3.30. The van der Waals surface area contributed by atoms with Gasteiger partial charge < -0.3 is 4.90 Å². The maximum Gasteiger partial charge on any atom is 0.272 e. The predicted octanol–water partition coefficient (Wildman–Crippen LogP) is 2.45. The topological polar surface area (TPSA) is 63.4 Å². The number of pyridine rings is 2. The molecule has 24 heavy (non-hydrogen) atoms. The lowest BCUT2D eigenvalue weighted by Crippen LogP contribution is -2.38. The molecule has 0 radical (unpaired) electrons. The van der Waals surface area contributed by atoms with Crippen LogP contribution in [0.2, 0.25) is 0 Å². The van der Waals surface area contributed by atoms with Crippen LogP contribution in [0.1, 0.15) is 40.8 Å². The molecule has 1 aliphatic heterocycles. The van der Waals surface area contributed by atoms with Crippen LogP contribution in [0, 0.1) is 6.92 Å². The average Bonchev–Trinajstić information content (AvgIpc) is 3.05. The van der Waals surface area contributed by atoms with E-state index in [0.29, 0.717) is 11.6 Å². The third kappa shape index (κ3) is 2.64. The Balaban J connectivity index is 1.48. The number of likely N-dealkylation sites (tertiary alicyclic amines) is 1. The molecule has 0 N–H and O–H groups in total. The molecule has 6 nitrogen and oxygen atoms in total. The Bertz CT molecular complexity index is 880. The van der Waals surface area contributed by atoms with E-state index in [1.54, 1.807) is 6.07 Å². The molecule has 0 bridgehead atoms. The number of amides is 1. The molecule has 1 saturated heterocycles. The van der Waals surface area contributed by atoms with Crippen LogP contribution < -0.4 is 0 Å². The monoisotopic (exact) mass is 321 g/mol. The zero-order valence-corrected chi connectivity index (χ0v) is 13.6. The van der Waals surface area contributed by atoms with Gasteiger partial charge in [-0.2, -0.15) is 0 Å². The first-order valence-electron chi connectivity index (χ1n) is 8.25. The number of carbonyl (C=O) groups excluding carboxylic acids is 1. The Morgan fingerprint density at radius 2 is 1.92 bits per heavy atom. The van der Waals surface area contributed by atoms with E-state index in [1.165, 1.54) is 0 Å². The lowest BCUT2D eigenvalue weighted by molar-refractivity contribution is 0.0704. The van der Waals surface area contributed by atoms with Gasteiger partial charge in [0.05, 0.1) is 0 Å². The zero-order chi connectivity index (χ0) is 16.5. The molecule has 0 unspecified atom stereocenters. The maximum atomic E-state index is 12.6. The van der Waals surface area contributed by atoms with Crippen LogP contribution in [-0.2, 0) is 0 Å². The fourth-order valence-electron chi connectivity index (χ4n) is 3.30. The van der Waals surface area contributed by atoms with E-state index in [0.717, 1.165) is 43.1 Å². The van der Waals surface area contributed by atoms with Gasteiger partial charge in [0.25, 0.3) is 5.91 Å². The van der Waals surface area contributed by atoms with Crippen LogP contribution in [0.15, 0.2) is 42.6 Å². The number of hydrogen-bond donors (Lipinski definition) is 0. The Labute approximate surface area is 140 Å². The van der Waals surface area contributed by atoms with Crippen molar-refractivity contribution in [2.24, 2.45) is 0 Å². The highest BCUT2D eigenvalue weighted by Crippen LogP contribution is 2.27. The number of aryl methyl sites for hydroxylation is 1. The second-order valence-corrected chi connectivity index (χ2v) is 6.22. The van der Waals surface area contributed by atoms with Crippen LogP contribution in [0.4, 0.5) is 0 Å². The van der Waals surface area contributed by atoms with Crippen molar-refractivity contribution < 1.29 is 4.79 Å². The van der Waals surface area contributed by atoms with Gasteiger partial charge in [0.2, 0.25) is 0 Å². The first-order valence-corrected chi connectivity index (χ1v) is 8.25. The van der Waals surface area contributed by atoms with Gasteiger partial charge >= 0.3 is 0 Å². The molecule has 0 saturated carbocycles. The third-order valence-electron chi connectivity index (χ3n) is 4.59. The molecule has 6 heteroatoms. The molecule has 3 aromatic rings. The Hall–Kier alpha value is -2.76. The number of aromatic nitrogens is 4. The molecule has 0 aliphatic carbocycles. The van der Waals surface area contributed by atoms with E-state index in [2.05, 4.69) is 15.2 Å². The summed E-state index contributed by atoms with van der Waals surface area (Å²) >= 11 is 0. The molecular weight excluding hydrogens is 302 g/mol. The SMILES string of the molecule is Cc1cccc(C(=O)N2CCC(c3nnc4ccccn34)CC2)n1. The summed E-state index contributed by atoms with van der Waals surface area (Å²) in [6.45, 7) is 3.35. The number of rotatable bonds is 2. The van der Waals surface area contributed by atoms with E-state index in [4.69, 9.17) is 0 Å². The summed E-state index contributed by atoms with van der Waals surface area (Å²) in [5.74, 6) is 1.34. The molecule has 0 aromatic carbocycles. The molecule has 1 fully saturated rings. The van der Waals surface area contributed by atoms with Crippen molar-refractivity contribution in [3.8, 4) is 0 Å². The van der Waals surface area contributed by atoms with Crippen molar-refractivity contribution in [3.05, 3.63) is 59.8 Å². The Kier molecular flexibility index (Phi) is 3.72. The van der Waals surface area contributed by atoms with Crippen molar-refractivity contribution in [2.45, 2.75) is 25.7 Å². The van der Waals surface area contributed by atoms with Gasteiger partial charge in [-0.15, -0.1) is 10.2 Å². The molecule has 3 aromatic heterocycles. The van der Waals surface area contributed by atoms with E-state index in [9.17, 15) is 4.79 Å². The molecule has 1 aliphatic rings. The zero-order valence-electron chi connectivity index (χ0n) is 13.6. The average molecular weight is 321 g/mol. The van der Waals surface area contributed by atoms with Gasteiger partial charge in [0.15, 0.2) is 5.65 Å². The minimum Gasteiger partial charge on any atom is -0.337 e. The second-order valence-electron chi connectivity index (χ2n) is 6.22.